The van der Waals surface area contributed by atoms with Crippen LogP contribution in [-0.4, -0.2) is 167 Å². The largest absolute Gasteiger partial charge is 0.507 e. The molecule has 53 heavy (non-hydrogen) atoms. The Hall–Kier alpha value is -3.71. The van der Waals surface area contributed by atoms with Crippen LogP contribution in [0.3, 0.4) is 0 Å². The second-order valence-corrected chi connectivity index (χ2v) is 13.1. The molecule has 2 aromatic carbocycles. The van der Waals surface area contributed by atoms with Gasteiger partial charge in [0.15, 0.2) is 35.9 Å². The average Bonchev–Trinajstić information content (AvgIpc) is 3.40. The molecule has 13 atom stereocenters. The van der Waals surface area contributed by atoms with Crippen molar-refractivity contribution in [3.05, 3.63) is 46.1 Å². The zero-order chi connectivity index (χ0) is 38.5. The van der Waals surface area contributed by atoms with Crippen molar-refractivity contribution in [2.75, 3.05) is 26.4 Å². The van der Waals surface area contributed by atoms with Crippen molar-refractivity contribution in [2.45, 2.75) is 86.3 Å². The lowest BCUT2D eigenvalue weighted by molar-refractivity contribution is -0.321. The van der Waals surface area contributed by atoms with Crippen molar-refractivity contribution in [2.24, 2.45) is 0 Å². The first-order chi connectivity index (χ1) is 25.1. The van der Waals surface area contributed by atoms with Crippen LogP contribution < -0.4 is 10.2 Å². The Morgan fingerprint density at radius 1 is 0.792 bits per heavy atom. The number of aliphatic hydroxyl groups excluding tert-OH is 8. The molecule has 0 aliphatic carbocycles. The molecule has 12 N–H and O–H groups in total. The van der Waals surface area contributed by atoms with Gasteiger partial charge >= 0.3 is 0 Å². The van der Waals surface area contributed by atoms with Gasteiger partial charge in [-0.25, -0.2) is 0 Å². The predicted molar refractivity (Wildman–Crippen MR) is 171 cm³/mol. The Kier molecular flexibility index (Phi) is 11.2. The molecule has 20 heteroatoms. The number of aryl methyl sites for hydroxylation is 1. The van der Waals surface area contributed by atoms with Gasteiger partial charge in [0.2, 0.25) is 17.5 Å². The molecule has 3 saturated heterocycles. The van der Waals surface area contributed by atoms with E-state index < -0.39 is 134 Å². The predicted octanol–water partition coefficient (Wildman–Crippen LogP) is -3.65. The average molecular weight is 757 g/mol. The lowest BCUT2D eigenvalue weighted by Gasteiger charge is -2.42. The van der Waals surface area contributed by atoms with Crippen LogP contribution in [0.4, 0.5) is 0 Å². The van der Waals surface area contributed by atoms with Crippen LogP contribution in [0.2, 0.25) is 0 Å². The highest BCUT2D eigenvalue weighted by molar-refractivity contribution is 5.87. The van der Waals surface area contributed by atoms with E-state index in [1.54, 1.807) is 6.92 Å². The normalized spacial score (nSPS) is 36.2. The summed E-state index contributed by atoms with van der Waals surface area (Å²) in [6, 6.07) is 6.13. The van der Waals surface area contributed by atoms with E-state index in [2.05, 4.69) is 0 Å². The van der Waals surface area contributed by atoms with E-state index in [9.17, 15) is 66.1 Å². The first kappa shape index (κ1) is 39.0. The Morgan fingerprint density at radius 2 is 1.45 bits per heavy atom. The van der Waals surface area contributed by atoms with Crippen LogP contribution in [0.25, 0.3) is 22.3 Å². The molecule has 3 fully saturated rings. The summed E-state index contributed by atoms with van der Waals surface area (Å²) >= 11 is 0. The molecule has 3 aliphatic heterocycles. The Labute approximate surface area is 298 Å². The number of hydrogen-bond donors (Lipinski definition) is 12. The van der Waals surface area contributed by atoms with E-state index in [0.717, 1.165) is 12.1 Å². The fourth-order valence-electron chi connectivity index (χ4n) is 6.27. The van der Waals surface area contributed by atoms with Gasteiger partial charge in [0.1, 0.15) is 71.2 Å². The standard InChI is InChI=1S/C33H40O20/c1-11-4-15(38)19-16(5-11)49-26(12-2-3-13(36)14(37)6-12)27(22(19)41)52-31-28(24(43)21(40)18(8-35)51-31)53-32-29(45)33(46,10-48-32)9-47-30-25(44)23(42)20(39)17(7-34)50-30/h2-6,17-18,20-21,23-25,28-32,34-40,42-46H,7-10H2,1H3/t17-,18-,20-,21-,23+,24+,25-,28-,29+,30-,31+,32+,33-/m1/s1. The van der Waals surface area contributed by atoms with Gasteiger partial charge in [0.05, 0.1) is 26.4 Å². The molecule has 0 radical (unpaired) electrons. The summed E-state index contributed by atoms with van der Waals surface area (Å²) in [6.45, 7) is -1.53. The quantitative estimate of drug-likeness (QED) is 0.0888. The maximum atomic E-state index is 14.0. The molecule has 1 aromatic heterocycles. The highest BCUT2D eigenvalue weighted by Crippen LogP contribution is 2.40. The van der Waals surface area contributed by atoms with Crippen molar-refractivity contribution in [3.8, 4) is 34.3 Å². The number of hydrogen-bond acceptors (Lipinski definition) is 20. The molecule has 292 valence electrons. The fraction of sp³-hybridized carbons (Fsp3) is 0.545. The van der Waals surface area contributed by atoms with Crippen molar-refractivity contribution >= 4 is 11.0 Å². The SMILES string of the molecule is Cc1cc(O)c2c(=O)c(O[C@@H]3O[C@H](CO)[C@@H](O)[C@H](O)[C@H]3O[C@@H]3OC[C@](O)(CO[C@@H]4O[C@H](CO)[C@@H](O)[C@H](O)[C@H]4O)[C@H]3O)c(-c3ccc(O)c(O)c3)oc2c1. The number of phenolic OH excluding ortho intramolecular Hbond substituents is 3. The third-order valence-electron chi connectivity index (χ3n) is 9.32. The van der Waals surface area contributed by atoms with Gasteiger partial charge in [-0.2, -0.15) is 0 Å². The summed E-state index contributed by atoms with van der Waals surface area (Å²) in [5.74, 6) is -2.64. The van der Waals surface area contributed by atoms with Gasteiger partial charge in [-0.15, -0.1) is 0 Å². The Balaban J connectivity index is 1.29. The summed E-state index contributed by atoms with van der Waals surface area (Å²) in [6.07, 6.45) is -21.3. The van der Waals surface area contributed by atoms with Crippen molar-refractivity contribution in [3.63, 3.8) is 0 Å². The zero-order valence-electron chi connectivity index (χ0n) is 27.8. The number of rotatable bonds is 10. The molecule has 0 saturated carbocycles. The van der Waals surface area contributed by atoms with Crippen LogP contribution >= 0.6 is 0 Å². The van der Waals surface area contributed by atoms with Gasteiger partial charge in [0, 0.05) is 5.56 Å². The zero-order valence-corrected chi connectivity index (χ0v) is 27.8. The number of ether oxygens (including phenoxy) is 6. The Morgan fingerprint density at radius 3 is 2.11 bits per heavy atom. The highest BCUT2D eigenvalue weighted by Gasteiger charge is 2.55. The molecular weight excluding hydrogens is 716 g/mol. The van der Waals surface area contributed by atoms with Gasteiger partial charge in [-0.3, -0.25) is 4.79 Å². The first-order valence-electron chi connectivity index (χ1n) is 16.3. The monoisotopic (exact) mass is 756 g/mol. The minimum absolute atomic E-state index is 0.0121. The lowest BCUT2D eigenvalue weighted by Crippen LogP contribution is -2.62. The van der Waals surface area contributed by atoms with Crippen molar-refractivity contribution in [1.29, 1.82) is 0 Å². The van der Waals surface area contributed by atoms with E-state index in [4.69, 9.17) is 32.8 Å². The van der Waals surface area contributed by atoms with Crippen molar-refractivity contribution in [1.82, 2.24) is 0 Å². The van der Waals surface area contributed by atoms with E-state index >= 15 is 0 Å². The third-order valence-corrected chi connectivity index (χ3v) is 9.32. The van der Waals surface area contributed by atoms with E-state index in [1.165, 1.54) is 18.2 Å². The van der Waals surface area contributed by atoms with Crippen LogP contribution in [0.5, 0.6) is 23.0 Å². The summed E-state index contributed by atoms with van der Waals surface area (Å²) in [5.41, 5.74) is -2.90. The van der Waals surface area contributed by atoms with Crippen LogP contribution in [0.15, 0.2) is 39.5 Å². The van der Waals surface area contributed by atoms with E-state index in [1.807, 2.05) is 0 Å². The van der Waals surface area contributed by atoms with Crippen LogP contribution in [0, 0.1) is 6.92 Å². The van der Waals surface area contributed by atoms with Gasteiger partial charge in [-0.05, 0) is 42.8 Å². The minimum atomic E-state index is -2.31. The van der Waals surface area contributed by atoms with E-state index in [-0.39, 0.29) is 22.3 Å². The summed E-state index contributed by atoms with van der Waals surface area (Å²) in [5, 5.41) is 124. The molecule has 20 nitrogen and oxygen atoms in total. The fourth-order valence-corrected chi connectivity index (χ4v) is 6.27. The molecule has 3 aliphatic rings. The van der Waals surface area contributed by atoms with Gasteiger partial charge in [0.25, 0.3) is 0 Å². The number of aliphatic hydroxyl groups is 9. The maximum Gasteiger partial charge on any atom is 0.239 e. The van der Waals surface area contributed by atoms with Crippen molar-refractivity contribution < 1.29 is 94.1 Å². The Bertz CT molecular complexity index is 1830. The summed E-state index contributed by atoms with van der Waals surface area (Å²) in [4.78, 5) is 14.0. The molecule has 6 rings (SSSR count). The van der Waals surface area contributed by atoms with Crippen LogP contribution in [0.1, 0.15) is 5.56 Å². The second kappa shape index (κ2) is 15.2. The molecule has 4 heterocycles. The molecule has 0 amide bonds. The molecule has 0 bridgehead atoms. The topological polar surface area (TPSA) is 328 Å². The van der Waals surface area contributed by atoms with Gasteiger partial charge in [-0.1, -0.05) is 0 Å². The minimum Gasteiger partial charge on any atom is -0.507 e. The second-order valence-electron chi connectivity index (χ2n) is 13.1. The number of aromatic hydroxyl groups is 3. The summed E-state index contributed by atoms with van der Waals surface area (Å²) in [7, 11) is 0. The maximum absolute atomic E-state index is 14.0. The van der Waals surface area contributed by atoms with Crippen LogP contribution in [-0.2, 0) is 23.7 Å². The number of fused-ring (bicyclic) bond motifs is 1. The first-order valence-corrected chi connectivity index (χ1v) is 16.3. The summed E-state index contributed by atoms with van der Waals surface area (Å²) < 4.78 is 39.4. The van der Waals surface area contributed by atoms with E-state index in [0.29, 0.717) is 5.56 Å². The number of benzene rings is 2. The highest BCUT2D eigenvalue weighted by atomic mass is 16.8. The molecular formula is C33H40O20. The van der Waals surface area contributed by atoms with Gasteiger partial charge < -0.3 is 94.1 Å². The smallest absolute Gasteiger partial charge is 0.239 e. The molecule has 0 unspecified atom stereocenters. The lowest BCUT2D eigenvalue weighted by atomic mass is 9.97. The molecule has 0 spiro atoms. The molecule has 3 aromatic rings. The third kappa shape index (κ3) is 7.27. The number of phenols is 3.